The van der Waals surface area contributed by atoms with Crippen molar-refractivity contribution in [3.63, 3.8) is 0 Å². The van der Waals surface area contributed by atoms with Gasteiger partial charge in [0.1, 0.15) is 9.88 Å². The molecule has 1 amide bonds. The molecule has 0 fully saturated rings. The van der Waals surface area contributed by atoms with E-state index in [1.165, 1.54) is 0 Å². The molecule has 7 heteroatoms. The topological polar surface area (TPSA) is 81.7 Å². The van der Waals surface area contributed by atoms with Crippen LogP contribution in [0.2, 0.25) is 0 Å². The van der Waals surface area contributed by atoms with Crippen LogP contribution < -0.4 is 5.32 Å². The summed E-state index contributed by atoms with van der Waals surface area (Å²) in [6, 6.07) is 17.0. The van der Waals surface area contributed by atoms with Crippen LogP contribution in [-0.4, -0.2) is 30.1 Å². The third kappa shape index (κ3) is 5.87. The molecule has 0 bridgehead atoms. The van der Waals surface area contributed by atoms with Gasteiger partial charge in [-0.1, -0.05) is 42.5 Å². The van der Waals surface area contributed by atoms with Gasteiger partial charge in [-0.2, -0.15) is 0 Å². The van der Waals surface area contributed by atoms with Crippen LogP contribution in [0.3, 0.4) is 0 Å². The van der Waals surface area contributed by atoms with E-state index in [0.717, 1.165) is 22.5 Å². The Morgan fingerprint density at radius 3 is 1.91 bits per heavy atom. The van der Waals surface area contributed by atoms with Crippen molar-refractivity contribution in [3.05, 3.63) is 76.2 Å². The van der Waals surface area contributed by atoms with Crippen molar-refractivity contribution in [3.8, 4) is 11.1 Å². The number of carbonyl (C=O) groups is 3. The van der Waals surface area contributed by atoms with Gasteiger partial charge in [0.05, 0.1) is 17.8 Å². The second kappa shape index (κ2) is 10.4. The monoisotopic (exact) mass is 465 g/mol. The summed E-state index contributed by atoms with van der Waals surface area (Å²) in [5.74, 6) is -1.53. The first kappa shape index (κ1) is 24.2. The van der Waals surface area contributed by atoms with Crippen molar-refractivity contribution in [1.29, 1.82) is 0 Å². The van der Waals surface area contributed by atoms with E-state index < -0.39 is 17.8 Å². The Labute approximate surface area is 197 Å². The number of nitrogens with one attached hydrogen (secondary N) is 1. The molecule has 2 aromatic carbocycles. The summed E-state index contributed by atoms with van der Waals surface area (Å²) >= 11 is 1.01. The highest BCUT2D eigenvalue weighted by Gasteiger charge is 2.28. The first-order chi connectivity index (χ1) is 15.7. The molecular formula is C26H27NO5S. The van der Waals surface area contributed by atoms with E-state index in [4.69, 9.17) is 9.47 Å². The minimum absolute atomic E-state index is 0.165. The molecule has 0 aliphatic heterocycles. The SMILES string of the molecule is Cc1c(C(=O)OC(C)C)sc(NC(=O)c2ccc(-c3ccccc3)cc2)c1C(=O)OC(C)C. The van der Waals surface area contributed by atoms with E-state index in [-0.39, 0.29) is 27.6 Å². The normalized spacial score (nSPS) is 10.9. The number of anilines is 1. The maximum absolute atomic E-state index is 13.0. The lowest BCUT2D eigenvalue weighted by Crippen LogP contribution is -2.17. The summed E-state index contributed by atoms with van der Waals surface area (Å²) in [6.07, 6.45) is -0.664. The summed E-state index contributed by atoms with van der Waals surface area (Å²) in [7, 11) is 0. The number of benzene rings is 2. The fourth-order valence-corrected chi connectivity index (χ4v) is 4.28. The van der Waals surface area contributed by atoms with Crippen LogP contribution in [0.1, 0.15) is 63.6 Å². The quantitative estimate of drug-likeness (QED) is 0.426. The number of hydrogen-bond acceptors (Lipinski definition) is 6. The molecule has 0 unspecified atom stereocenters. The number of hydrogen-bond donors (Lipinski definition) is 1. The van der Waals surface area contributed by atoms with Gasteiger partial charge in [-0.25, -0.2) is 9.59 Å². The Hall–Kier alpha value is -3.45. The summed E-state index contributed by atoms with van der Waals surface area (Å²) in [5, 5.41) is 3.04. The minimum Gasteiger partial charge on any atom is -0.459 e. The summed E-state index contributed by atoms with van der Waals surface area (Å²) in [4.78, 5) is 38.5. The Morgan fingerprint density at radius 1 is 0.788 bits per heavy atom. The Morgan fingerprint density at radius 2 is 1.33 bits per heavy atom. The van der Waals surface area contributed by atoms with Gasteiger partial charge in [0.2, 0.25) is 0 Å². The van der Waals surface area contributed by atoms with Crippen molar-refractivity contribution >= 4 is 34.2 Å². The average Bonchev–Trinajstić information content (AvgIpc) is 3.09. The fraction of sp³-hybridized carbons (Fsp3) is 0.269. The Balaban J connectivity index is 1.90. The molecule has 1 N–H and O–H groups in total. The molecule has 0 saturated heterocycles. The van der Waals surface area contributed by atoms with E-state index in [0.29, 0.717) is 11.1 Å². The third-order valence-corrected chi connectivity index (χ3v) is 5.89. The Kier molecular flexibility index (Phi) is 7.66. The van der Waals surface area contributed by atoms with Crippen LogP contribution in [0.15, 0.2) is 54.6 Å². The molecule has 0 spiro atoms. The molecule has 1 heterocycles. The van der Waals surface area contributed by atoms with Crippen molar-refractivity contribution in [1.82, 2.24) is 0 Å². The van der Waals surface area contributed by atoms with E-state index in [9.17, 15) is 14.4 Å². The van der Waals surface area contributed by atoms with E-state index >= 15 is 0 Å². The molecule has 0 aliphatic carbocycles. The largest absolute Gasteiger partial charge is 0.459 e. The van der Waals surface area contributed by atoms with Gasteiger partial charge in [-0.15, -0.1) is 11.3 Å². The molecule has 3 rings (SSSR count). The molecule has 33 heavy (non-hydrogen) atoms. The summed E-state index contributed by atoms with van der Waals surface area (Å²) in [5.41, 5.74) is 3.05. The predicted octanol–water partition coefficient (Wildman–Crippen LogP) is 6.11. The van der Waals surface area contributed by atoms with Crippen molar-refractivity contribution in [2.75, 3.05) is 5.32 Å². The number of ether oxygens (including phenoxy) is 2. The van der Waals surface area contributed by atoms with Gasteiger partial charge >= 0.3 is 11.9 Å². The first-order valence-corrected chi connectivity index (χ1v) is 11.5. The lowest BCUT2D eigenvalue weighted by molar-refractivity contribution is 0.0378. The maximum Gasteiger partial charge on any atom is 0.348 e. The molecule has 0 radical (unpaired) electrons. The average molecular weight is 466 g/mol. The molecular weight excluding hydrogens is 438 g/mol. The molecule has 172 valence electrons. The Bertz CT molecular complexity index is 1150. The maximum atomic E-state index is 13.0. The van der Waals surface area contributed by atoms with Gasteiger partial charge in [0.15, 0.2) is 0 Å². The molecule has 1 aromatic heterocycles. The van der Waals surface area contributed by atoms with Crippen LogP contribution in [0.5, 0.6) is 0 Å². The highest BCUT2D eigenvalue weighted by molar-refractivity contribution is 7.18. The molecule has 0 atom stereocenters. The van der Waals surface area contributed by atoms with Gasteiger partial charge < -0.3 is 14.8 Å². The molecule has 3 aromatic rings. The van der Waals surface area contributed by atoms with Crippen LogP contribution >= 0.6 is 11.3 Å². The van der Waals surface area contributed by atoms with E-state index in [1.54, 1.807) is 46.8 Å². The smallest absolute Gasteiger partial charge is 0.348 e. The molecule has 0 saturated carbocycles. The summed E-state index contributed by atoms with van der Waals surface area (Å²) in [6.45, 7) is 8.61. The number of rotatable bonds is 7. The highest BCUT2D eigenvalue weighted by Crippen LogP contribution is 2.35. The van der Waals surface area contributed by atoms with Crippen molar-refractivity contribution < 1.29 is 23.9 Å². The number of carbonyl (C=O) groups excluding carboxylic acids is 3. The number of amides is 1. The lowest BCUT2D eigenvalue weighted by atomic mass is 10.0. The standard InChI is InChI=1S/C26H27NO5S/c1-15(2)31-25(29)21-17(5)22(26(30)32-16(3)4)33-24(21)27-23(28)20-13-11-19(12-14-20)18-9-7-6-8-10-18/h6-16H,1-5H3,(H,27,28). The number of thiophene rings is 1. The molecule has 6 nitrogen and oxygen atoms in total. The van der Waals surface area contributed by atoms with E-state index in [2.05, 4.69) is 5.32 Å². The first-order valence-electron chi connectivity index (χ1n) is 10.7. The molecule has 0 aliphatic rings. The third-order valence-electron chi connectivity index (χ3n) is 4.70. The van der Waals surface area contributed by atoms with Gasteiger partial charge in [0, 0.05) is 5.56 Å². The second-order valence-electron chi connectivity index (χ2n) is 8.07. The zero-order chi connectivity index (χ0) is 24.1. The van der Waals surface area contributed by atoms with Gasteiger partial charge in [-0.05, 0) is 63.4 Å². The number of esters is 2. The summed E-state index contributed by atoms with van der Waals surface area (Å²) < 4.78 is 10.6. The van der Waals surface area contributed by atoms with E-state index in [1.807, 2.05) is 42.5 Å². The van der Waals surface area contributed by atoms with Crippen LogP contribution in [0.4, 0.5) is 5.00 Å². The van der Waals surface area contributed by atoms with Gasteiger partial charge in [-0.3, -0.25) is 4.79 Å². The fourth-order valence-electron chi connectivity index (χ4n) is 3.20. The zero-order valence-corrected chi connectivity index (χ0v) is 20.1. The second-order valence-corrected chi connectivity index (χ2v) is 9.09. The predicted molar refractivity (Wildman–Crippen MR) is 130 cm³/mol. The van der Waals surface area contributed by atoms with Crippen molar-refractivity contribution in [2.24, 2.45) is 0 Å². The van der Waals surface area contributed by atoms with Crippen LogP contribution in [0.25, 0.3) is 11.1 Å². The zero-order valence-electron chi connectivity index (χ0n) is 19.3. The minimum atomic E-state index is -0.600. The van der Waals surface area contributed by atoms with Crippen LogP contribution in [-0.2, 0) is 9.47 Å². The highest BCUT2D eigenvalue weighted by atomic mass is 32.1. The van der Waals surface area contributed by atoms with Gasteiger partial charge in [0.25, 0.3) is 5.91 Å². The van der Waals surface area contributed by atoms with Crippen molar-refractivity contribution in [2.45, 2.75) is 46.8 Å². The lowest BCUT2D eigenvalue weighted by Gasteiger charge is -2.11. The van der Waals surface area contributed by atoms with Crippen LogP contribution in [0, 0.1) is 6.92 Å².